The SMILES string of the molecule is Cc1cc(C)n(-c2cc(N3CCCC(C(=O)Nc4nc5c(C)cccc5s4)C3)ncn2)n1. The normalized spacial score (nSPS) is 16.5. The number of nitrogens with zero attached hydrogens (tertiary/aromatic N) is 6. The Bertz CT molecular complexity index is 1290. The van der Waals surface area contributed by atoms with Gasteiger partial charge in [-0.1, -0.05) is 23.5 Å². The van der Waals surface area contributed by atoms with Crippen LogP contribution in [-0.2, 0) is 4.79 Å². The van der Waals surface area contributed by atoms with Gasteiger partial charge in [0.05, 0.1) is 21.8 Å². The molecule has 0 radical (unpaired) electrons. The molecular weight excluding hydrogens is 422 g/mol. The maximum Gasteiger partial charge on any atom is 0.231 e. The molecule has 3 aromatic heterocycles. The number of aromatic nitrogens is 5. The first-order valence-electron chi connectivity index (χ1n) is 10.8. The molecule has 164 valence electrons. The molecule has 32 heavy (non-hydrogen) atoms. The number of hydrogen-bond acceptors (Lipinski definition) is 7. The monoisotopic (exact) mass is 447 g/mol. The van der Waals surface area contributed by atoms with E-state index in [4.69, 9.17) is 0 Å². The Kier molecular flexibility index (Phi) is 5.34. The molecule has 0 saturated carbocycles. The third-order valence-electron chi connectivity index (χ3n) is 5.83. The van der Waals surface area contributed by atoms with Crippen molar-refractivity contribution in [3.8, 4) is 5.82 Å². The van der Waals surface area contributed by atoms with Gasteiger partial charge < -0.3 is 10.2 Å². The summed E-state index contributed by atoms with van der Waals surface area (Å²) in [5.74, 6) is 1.44. The quantitative estimate of drug-likeness (QED) is 0.508. The van der Waals surface area contributed by atoms with Gasteiger partial charge in [-0.25, -0.2) is 19.6 Å². The molecule has 1 amide bonds. The standard InChI is InChI=1S/C23H25N7OS/c1-14-6-4-8-18-21(14)26-23(32-18)27-22(31)17-7-5-9-29(12-17)19-11-20(25-13-24-19)30-16(3)10-15(2)28-30/h4,6,8,10-11,13,17H,5,7,9,12H2,1-3H3,(H,26,27,31). The first kappa shape index (κ1) is 20.6. The van der Waals surface area contributed by atoms with Crippen LogP contribution in [0.2, 0.25) is 0 Å². The van der Waals surface area contributed by atoms with Crippen LogP contribution in [0.5, 0.6) is 0 Å². The highest BCUT2D eigenvalue weighted by atomic mass is 32.1. The number of carbonyl (C=O) groups excluding carboxylic acids is 1. The second-order valence-corrected chi connectivity index (χ2v) is 9.32. The Hall–Kier alpha value is -3.33. The zero-order valence-electron chi connectivity index (χ0n) is 18.4. The van der Waals surface area contributed by atoms with Crippen molar-refractivity contribution in [3.63, 3.8) is 0 Å². The molecule has 1 aliphatic rings. The van der Waals surface area contributed by atoms with Crippen LogP contribution in [0.15, 0.2) is 36.7 Å². The van der Waals surface area contributed by atoms with E-state index in [1.165, 1.54) is 11.3 Å². The van der Waals surface area contributed by atoms with Crippen molar-refractivity contribution in [2.75, 3.05) is 23.3 Å². The van der Waals surface area contributed by atoms with Crippen LogP contribution < -0.4 is 10.2 Å². The van der Waals surface area contributed by atoms with Crippen LogP contribution in [0.1, 0.15) is 29.8 Å². The van der Waals surface area contributed by atoms with Crippen molar-refractivity contribution >= 4 is 38.4 Å². The lowest BCUT2D eigenvalue weighted by Crippen LogP contribution is -2.41. The van der Waals surface area contributed by atoms with E-state index in [9.17, 15) is 4.79 Å². The van der Waals surface area contributed by atoms with E-state index in [-0.39, 0.29) is 11.8 Å². The molecule has 1 atom stereocenters. The molecule has 5 rings (SSSR count). The number of rotatable bonds is 4. The Labute approximate surface area is 190 Å². The Morgan fingerprint density at radius 3 is 2.78 bits per heavy atom. The van der Waals surface area contributed by atoms with Gasteiger partial charge in [-0.05, 0) is 51.3 Å². The maximum absolute atomic E-state index is 13.0. The van der Waals surface area contributed by atoms with Crippen LogP contribution in [-0.4, -0.2) is 43.7 Å². The molecule has 4 aromatic rings. The van der Waals surface area contributed by atoms with E-state index in [1.807, 2.05) is 55.8 Å². The van der Waals surface area contributed by atoms with Gasteiger partial charge in [0.15, 0.2) is 10.9 Å². The van der Waals surface area contributed by atoms with Gasteiger partial charge in [-0.3, -0.25) is 4.79 Å². The lowest BCUT2D eigenvalue weighted by molar-refractivity contribution is -0.120. The molecule has 1 saturated heterocycles. The summed E-state index contributed by atoms with van der Waals surface area (Å²) in [6.45, 7) is 7.48. The van der Waals surface area contributed by atoms with Gasteiger partial charge in [0.2, 0.25) is 5.91 Å². The summed E-state index contributed by atoms with van der Waals surface area (Å²) >= 11 is 1.52. The van der Waals surface area contributed by atoms with Gasteiger partial charge in [0, 0.05) is 24.8 Å². The molecule has 1 aromatic carbocycles. The fourth-order valence-electron chi connectivity index (χ4n) is 4.23. The van der Waals surface area contributed by atoms with Crippen LogP contribution in [0.25, 0.3) is 16.0 Å². The minimum absolute atomic E-state index is 0.0132. The van der Waals surface area contributed by atoms with Crippen molar-refractivity contribution in [2.24, 2.45) is 5.92 Å². The molecule has 9 heteroatoms. The average molecular weight is 448 g/mol. The van der Waals surface area contributed by atoms with E-state index in [2.05, 4.69) is 30.3 Å². The maximum atomic E-state index is 13.0. The lowest BCUT2D eigenvalue weighted by Gasteiger charge is -2.32. The number of para-hydroxylation sites is 1. The number of fused-ring (bicyclic) bond motifs is 1. The molecule has 1 aliphatic heterocycles. The van der Waals surface area contributed by atoms with Crippen LogP contribution >= 0.6 is 11.3 Å². The molecular formula is C23H25N7OS. The van der Waals surface area contributed by atoms with E-state index >= 15 is 0 Å². The second kappa shape index (κ2) is 8.31. The zero-order chi connectivity index (χ0) is 22.2. The predicted molar refractivity (Wildman–Crippen MR) is 127 cm³/mol. The molecule has 1 fully saturated rings. The molecule has 0 bridgehead atoms. The molecule has 0 spiro atoms. The van der Waals surface area contributed by atoms with Crippen molar-refractivity contribution in [2.45, 2.75) is 33.6 Å². The number of carbonyl (C=O) groups is 1. The third-order valence-corrected chi connectivity index (χ3v) is 6.77. The Balaban J connectivity index is 1.32. The fourth-order valence-corrected chi connectivity index (χ4v) is 5.18. The number of nitrogens with one attached hydrogen (secondary N) is 1. The molecule has 0 aliphatic carbocycles. The summed E-state index contributed by atoms with van der Waals surface area (Å²) in [4.78, 5) is 28.7. The highest BCUT2D eigenvalue weighted by Gasteiger charge is 2.27. The van der Waals surface area contributed by atoms with Crippen molar-refractivity contribution in [1.29, 1.82) is 0 Å². The number of anilines is 2. The lowest BCUT2D eigenvalue weighted by atomic mass is 9.97. The summed E-state index contributed by atoms with van der Waals surface area (Å²) in [5, 5.41) is 8.22. The number of benzene rings is 1. The van der Waals surface area contributed by atoms with Crippen molar-refractivity contribution in [3.05, 3.63) is 53.6 Å². The highest BCUT2D eigenvalue weighted by Crippen LogP contribution is 2.29. The Morgan fingerprint density at radius 1 is 1.16 bits per heavy atom. The fraction of sp³-hybridized carbons (Fsp3) is 0.348. The van der Waals surface area contributed by atoms with Gasteiger partial charge in [0.1, 0.15) is 12.1 Å². The number of amides is 1. The van der Waals surface area contributed by atoms with Gasteiger partial charge in [-0.15, -0.1) is 0 Å². The predicted octanol–water partition coefficient (Wildman–Crippen LogP) is 4.05. The van der Waals surface area contributed by atoms with Crippen LogP contribution in [0.4, 0.5) is 10.9 Å². The second-order valence-electron chi connectivity index (χ2n) is 8.29. The largest absolute Gasteiger partial charge is 0.356 e. The summed E-state index contributed by atoms with van der Waals surface area (Å²) < 4.78 is 2.91. The smallest absolute Gasteiger partial charge is 0.231 e. The summed E-state index contributed by atoms with van der Waals surface area (Å²) in [7, 11) is 0. The van der Waals surface area contributed by atoms with Crippen molar-refractivity contribution in [1.82, 2.24) is 24.7 Å². The summed E-state index contributed by atoms with van der Waals surface area (Å²) in [6, 6.07) is 10.0. The molecule has 8 nitrogen and oxygen atoms in total. The minimum atomic E-state index is -0.121. The van der Waals surface area contributed by atoms with E-state index < -0.39 is 0 Å². The van der Waals surface area contributed by atoms with Gasteiger partial charge in [0.25, 0.3) is 0 Å². The number of hydrogen-bond donors (Lipinski definition) is 1. The molecule has 1 unspecified atom stereocenters. The van der Waals surface area contributed by atoms with E-state index in [0.717, 1.165) is 58.2 Å². The first-order chi connectivity index (χ1) is 15.5. The van der Waals surface area contributed by atoms with E-state index in [1.54, 1.807) is 6.33 Å². The number of thiazole rings is 1. The molecule has 4 heterocycles. The topological polar surface area (TPSA) is 88.8 Å². The Morgan fingerprint density at radius 2 is 2.00 bits per heavy atom. The zero-order valence-corrected chi connectivity index (χ0v) is 19.2. The van der Waals surface area contributed by atoms with Crippen LogP contribution in [0, 0.1) is 26.7 Å². The average Bonchev–Trinajstić information content (AvgIpc) is 3.36. The summed E-state index contributed by atoms with van der Waals surface area (Å²) in [6.07, 6.45) is 3.34. The van der Waals surface area contributed by atoms with E-state index in [0.29, 0.717) is 11.7 Å². The summed E-state index contributed by atoms with van der Waals surface area (Å²) in [5.41, 5.74) is 4.04. The van der Waals surface area contributed by atoms with Gasteiger partial charge in [-0.2, -0.15) is 5.10 Å². The third kappa shape index (κ3) is 3.95. The number of piperidine rings is 1. The van der Waals surface area contributed by atoms with Gasteiger partial charge >= 0.3 is 0 Å². The van der Waals surface area contributed by atoms with Crippen LogP contribution in [0.3, 0.4) is 0 Å². The first-order valence-corrected chi connectivity index (χ1v) is 11.6. The number of aryl methyl sites for hydroxylation is 3. The van der Waals surface area contributed by atoms with Crippen molar-refractivity contribution < 1.29 is 4.79 Å². The highest BCUT2D eigenvalue weighted by molar-refractivity contribution is 7.22. The molecule has 1 N–H and O–H groups in total. The minimum Gasteiger partial charge on any atom is -0.356 e.